The van der Waals surface area contributed by atoms with Crippen molar-refractivity contribution < 1.29 is 4.74 Å². The predicted octanol–water partition coefficient (Wildman–Crippen LogP) is 2.11. The van der Waals surface area contributed by atoms with Gasteiger partial charge in [0.15, 0.2) is 0 Å². The Hall–Kier alpha value is -0.120. The summed E-state index contributed by atoms with van der Waals surface area (Å²) in [5, 5.41) is 0. The molecule has 2 N–H and O–H groups in total. The van der Waals surface area contributed by atoms with E-state index in [2.05, 4.69) is 39.6 Å². The lowest BCUT2D eigenvalue weighted by Gasteiger charge is -2.67. The molecule has 0 aromatic carbocycles. The van der Waals surface area contributed by atoms with E-state index in [1.165, 1.54) is 12.8 Å². The molecule has 0 bridgehead atoms. The van der Waals surface area contributed by atoms with Crippen molar-refractivity contribution in [3.8, 4) is 0 Å². The molecule has 0 amide bonds. The van der Waals surface area contributed by atoms with E-state index in [0.717, 1.165) is 19.7 Å². The first-order valence-electron chi connectivity index (χ1n) is 7.38. The molecule has 1 heterocycles. The first kappa shape index (κ1) is 14.3. The minimum Gasteiger partial charge on any atom is -0.377 e. The molecular weight excluding hydrogens is 224 g/mol. The first-order valence-corrected chi connectivity index (χ1v) is 7.38. The lowest BCUT2D eigenvalue weighted by molar-refractivity contribution is -0.231. The maximum absolute atomic E-state index is 6.79. The normalized spacial score (nSPS) is 38.7. The van der Waals surface area contributed by atoms with Crippen molar-refractivity contribution in [1.29, 1.82) is 0 Å². The van der Waals surface area contributed by atoms with Crippen LogP contribution in [0.3, 0.4) is 0 Å². The van der Waals surface area contributed by atoms with Crippen LogP contribution in [0.2, 0.25) is 0 Å². The number of hydrogen-bond acceptors (Lipinski definition) is 3. The Morgan fingerprint density at radius 1 is 1.39 bits per heavy atom. The zero-order valence-electron chi connectivity index (χ0n) is 12.7. The van der Waals surface area contributed by atoms with Crippen LogP contribution in [0.5, 0.6) is 0 Å². The topological polar surface area (TPSA) is 38.5 Å². The summed E-state index contributed by atoms with van der Waals surface area (Å²) >= 11 is 0. The Morgan fingerprint density at radius 2 is 2.06 bits per heavy atom. The van der Waals surface area contributed by atoms with Gasteiger partial charge in [0.05, 0.1) is 6.10 Å². The molecule has 3 heteroatoms. The average Bonchev–Trinajstić information content (AvgIpc) is 2.27. The summed E-state index contributed by atoms with van der Waals surface area (Å²) in [5.74, 6) is 1.25. The van der Waals surface area contributed by atoms with Crippen molar-refractivity contribution in [2.24, 2.45) is 23.0 Å². The highest BCUT2D eigenvalue weighted by Crippen LogP contribution is 2.57. The van der Waals surface area contributed by atoms with Gasteiger partial charge in [0.25, 0.3) is 0 Å². The van der Waals surface area contributed by atoms with Crippen LogP contribution in [0.15, 0.2) is 0 Å². The summed E-state index contributed by atoms with van der Waals surface area (Å²) in [6.07, 6.45) is 2.79. The molecule has 3 unspecified atom stereocenters. The van der Waals surface area contributed by atoms with E-state index >= 15 is 0 Å². The second-order valence-electron chi connectivity index (χ2n) is 7.39. The predicted molar refractivity (Wildman–Crippen MR) is 75.5 cm³/mol. The fourth-order valence-electron chi connectivity index (χ4n) is 4.12. The second kappa shape index (κ2) is 4.77. The zero-order chi connectivity index (χ0) is 13.6. The Morgan fingerprint density at radius 3 is 2.67 bits per heavy atom. The van der Waals surface area contributed by atoms with Crippen LogP contribution in [-0.2, 0) is 4.74 Å². The van der Waals surface area contributed by atoms with Crippen LogP contribution < -0.4 is 5.73 Å². The summed E-state index contributed by atoms with van der Waals surface area (Å²) in [7, 11) is 2.20. The molecule has 3 nitrogen and oxygen atoms in total. The highest BCUT2D eigenvalue weighted by atomic mass is 16.5. The van der Waals surface area contributed by atoms with Gasteiger partial charge in [-0.3, -0.25) is 0 Å². The smallest absolute Gasteiger partial charge is 0.0690 e. The van der Waals surface area contributed by atoms with Gasteiger partial charge >= 0.3 is 0 Å². The number of likely N-dealkylation sites (N-methyl/N-ethyl adjacent to an activating group) is 1. The molecule has 3 atom stereocenters. The van der Waals surface area contributed by atoms with E-state index in [9.17, 15) is 0 Å². The molecule has 0 spiro atoms. The molecule has 106 valence electrons. The van der Waals surface area contributed by atoms with Gasteiger partial charge in [-0.2, -0.15) is 0 Å². The SMILES string of the molecule is CC(C)CN(C)CC1(N)C2CCCOC2C1(C)C. The van der Waals surface area contributed by atoms with Crippen LogP contribution in [0, 0.1) is 17.3 Å². The van der Waals surface area contributed by atoms with Crippen molar-refractivity contribution in [1.82, 2.24) is 4.90 Å². The first-order chi connectivity index (χ1) is 8.29. The van der Waals surface area contributed by atoms with Crippen molar-refractivity contribution in [2.75, 3.05) is 26.7 Å². The minimum atomic E-state index is -0.0816. The summed E-state index contributed by atoms with van der Waals surface area (Å²) < 4.78 is 5.95. The Bertz CT molecular complexity index is 303. The van der Waals surface area contributed by atoms with E-state index in [-0.39, 0.29) is 11.0 Å². The number of ether oxygens (including phenoxy) is 1. The third kappa shape index (κ3) is 2.10. The molecule has 18 heavy (non-hydrogen) atoms. The van der Waals surface area contributed by atoms with E-state index in [4.69, 9.17) is 10.5 Å². The van der Waals surface area contributed by atoms with Gasteiger partial charge in [-0.15, -0.1) is 0 Å². The summed E-state index contributed by atoms with van der Waals surface area (Å²) in [4.78, 5) is 2.40. The molecule has 1 aliphatic carbocycles. The van der Waals surface area contributed by atoms with Crippen LogP contribution >= 0.6 is 0 Å². The van der Waals surface area contributed by atoms with Crippen molar-refractivity contribution in [2.45, 2.75) is 52.2 Å². The van der Waals surface area contributed by atoms with Gasteiger partial charge in [0.2, 0.25) is 0 Å². The Kier molecular flexibility index (Phi) is 3.79. The van der Waals surface area contributed by atoms with Crippen LogP contribution in [0.25, 0.3) is 0 Å². The highest BCUT2D eigenvalue weighted by Gasteiger charge is 2.66. The number of fused-ring (bicyclic) bond motifs is 1. The molecule has 0 aromatic heterocycles. The molecule has 0 aromatic rings. The van der Waals surface area contributed by atoms with Crippen LogP contribution in [0.4, 0.5) is 0 Å². The van der Waals surface area contributed by atoms with Crippen molar-refractivity contribution >= 4 is 0 Å². The van der Waals surface area contributed by atoms with Gasteiger partial charge in [-0.1, -0.05) is 27.7 Å². The van der Waals surface area contributed by atoms with Crippen LogP contribution in [-0.4, -0.2) is 43.3 Å². The van der Waals surface area contributed by atoms with Crippen molar-refractivity contribution in [3.05, 3.63) is 0 Å². The van der Waals surface area contributed by atoms with Gasteiger partial charge in [-0.05, 0) is 25.8 Å². The van der Waals surface area contributed by atoms with Crippen LogP contribution in [0.1, 0.15) is 40.5 Å². The Balaban J connectivity index is 2.05. The third-order valence-electron chi connectivity index (χ3n) is 5.10. The van der Waals surface area contributed by atoms with Gasteiger partial charge in [0, 0.05) is 36.6 Å². The largest absolute Gasteiger partial charge is 0.377 e. The zero-order valence-corrected chi connectivity index (χ0v) is 12.7. The monoisotopic (exact) mass is 254 g/mol. The number of nitrogens with zero attached hydrogens (tertiary/aromatic N) is 1. The quantitative estimate of drug-likeness (QED) is 0.835. The molecule has 1 saturated heterocycles. The lowest BCUT2D eigenvalue weighted by atomic mass is 9.46. The fourth-order valence-corrected chi connectivity index (χ4v) is 4.12. The molecule has 2 aliphatic rings. The molecule has 2 rings (SSSR count). The van der Waals surface area contributed by atoms with E-state index in [1.807, 2.05) is 0 Å². The van der Waals surface area contributed by atoms with Crippen molar-refractivity contribution in [3.63, 3.8) is 0 Å². The fraction of sp³-hybridized carbons (Fsp3) is 1.00. The molecular formula is C15H30N2O. The maximum Gasteiger partial charge on any atom is 0.0690 e. The molecule has 0 radical (unpaired) electrons. The number of nitrogens with two attached hydrogens (primary N) is 1. The van der Waals surface area contributed by atoms with E-state index in [1.54, 1.807) is 0 Å². The Labute approximate surface area is 112 Å². The number of rotatable bonds is 4. The number of hydrogen-bond donors (Lipinski definition) is 1. The summed E-state index contributed by atoms with van der Waals surface area (Å²) in [6, 6.07) is 0. The maximum atomic E-state index is 6.79. The van der Waals surface area contributed by atoms with E-state index in [0.29, 0.717) is 17.9 Å². The molecule has 1 aliphatic heterocycles. The van der Waals surface area contributed by atoms with E-state index < -0.39 is 0 Å². The summed E-state index contributed by atoms with van der Waals surface area (Å²) in [5.41, 5.74) is 6.81. The summed E-state index contributed by atoms with van der Waals surface area (Å²) in [6.45, 7) is 12.1. The van der Waals surface area contributed by atoms with Gasteiger partial charge in [-0.25, -0.2) is 0 Å². The average molecular weight is 254 g/mol. The molecule has 1 saturated carbocycles. The second-order valence-corrected chi connectivity index (χ2v) is 7.39. The minimum absolute atomic E-state index is 0.0816. The van der Waals surface area contributed by atoms with Gasteiger partial charge < -0.3 is 15.4 Å². The standard InChI is InChI=1S/C15H30N2O/c1-11(2)9-17(5)10-15(16)12-7-6-8-18-13(12)14(15,3)4/h11-13H,6-10,16H2,1-5H3. The van der Waals surface area contributed by atoms with Gasteiger partial charge in [0.1, 0.15) is 0 Å². The lowest BCUT2D eigenvalue weighted by Crippen LogP contribution is -2.80. The third-order valence-corrected chi connectivity index (χ3v) is 5.10. The highest BCUT2D eigenvalue weighted by molar-refractivity contribution is 5.20. The molecule has 2 fully saturated rings.